The molecule has 0 aliphatic carbocycles. The van der Waals surface area contributed by atoms with Crippen LogP contribution >= 0.6 is 69.6 Å². The first-order chi connectivity index (χ1) is 13.6. The molecule has 1 amide bonds. The summed E-state index contributed by atoms with van der Waals surface area (Å²) in [5.41, 5.74) is 0.961. The Bertz CT molecular complexity index is 896. The van der Waals surface area contributed by atoms with Crippen LogP contribution in [0.3, 0.4) is 0 Å². The zero-order valence-corrected chi connectivity index (χ0v) is 20.5. The summed E-state index contributed by atoms with van der Waals surface area (Å²) in [7, 11) is 3.07. The number of carbonyl (C=O) groups is 1. The average Bonchev–Trinajstić information content (AvgIpc) is 2.66. The highest BCUT2D eigenvalue weighted by atomic mass is 127. The molecule has 0 unspecified atom stereocenters. The molecule has 1 atom stereocenters. The topological polar surface area (TPSA) is 71.6 Å². The number of alkyl halides is 3. The number of methoxy groups -OCH3 is 2. The van der Waals surface area contributed by atoms with E-state index in [0.717, 1.165) is 3.57 Å². The maximum Gasteiger partial charge on any atom is 0.253 e. The molecule has 0 aromatic heterocycles. The molecule has 0 saturated heterocycles. The molecule has 0 saturated carbocycles. The lowest BCUT2D eigenvalue weighted by Gasteiger charge is -2.28. The molecule has 29 heavy (non-hydrogen) atoms. The van der Waals surface area contributed by atoms with Crippen molar-refractivity contribution in [3.63, 3.8) is 0 Å². The van der Waals surface area contributed by atoms with Crippen molar-refractivity contribution in [3.8, 4) is 11.5 Å². The summed E-state index contributed by atoms with van der Waals surface area (Å²) in [5.74, 6) is 0.707. The highest BCUT2D eigenvalue weighted by Gasteiger charge is 2.35. The predicted octanol–water partition coefficient (Wildman–Crippen LogP) is 4.72. The van der Waals surface area contributed by atoms with E-state index in [0.29, 0.717) is 22.7 Å². The van der Waals surface area contributed by atoms with Gasteiger partial charge in [0.1, 0.15) is 17.7 Å². The number of halogens is 4. The van der Waals surface area contributed by atoms with Gasteiger partial charge in [0.2, 0.25) is 3.79 Å². The number of ether oxygens (including phenoxy) is 2. The zero-order chi connectivity index (χ0) is 21.6. The fraction of sp³-hybridized carbons (Fsp3) is 0.222. The van der Waals surface area contributed by atoms with Gasteiger partial charge in [-0.25, -0.2) is 0 Å². The summed E-state index contributed by atoms with van der Waals surface area (Å²) in [5, 5.41) is 8.49. The SMILES string of the molecule is COc1ccc(OC)c(NC(=S)N[C@H](NC(=O)c2cccc(I)c2)C(Cl)(Cl)Cl)c1. The van der Waals surface area contributed by atoms with Crippen LogP contribution in [0, 0.1) is 3.57 Å². The van der Waals surface area contributed by atoms with Gasteiger partial charge in [-0.05, 0) is 65.1 Å². The number of hydrogen-bond acceptors (Lipinski definition) is 4. The lowest BCUT2D eigenvalue weighted by Crippen LogP contribution is -2.56. The number of nitrogens with one attached hydrogen (secondary N) is 3. The van der Waals surface area contributed by atoms with Crippen LogP contribution in [-0.4, -0.2) is 35.2 Å². The van der Waals surface area contributed by atoms with Crippen molar-refractivity contribution in [2.24, 2.45) is 0 Å². The Labute approximate surface area is 202 Å². The standard InChI is InChI=1S/C18H17Cl3IN3O3S/c1-27-12-6-7-14(28-2)13(9-12)23-17(29)25-16(18(19,20)21)24-15(26)10-4-3-5-11(22)8-10/h3-9,16H,1-2H3,(H,24,26)(H2,23,25,29)/t16-/m0/s1. The van der Waals surface area contributed by atoms with E-state index < -0.39 is 15.9 Å². The van der Waals surface area contributed by atoms with Gasteiger partial charge in [-0.1, -0.05) is 40.9 Å². The summed E-state index contributed by atoms with van der Waals surface area (Å²) >= 11 is 25.5. The number of rotatable bonds is 6. The molecule has 0 heterocycles. The largest absolute Gasteiger partial charge is 0.497 e. The van der Waals surface area contributed by atoms with Crippen molar-refractivity contribution >= 4 is 86.3 Å². The Hall–Kier alpha value is -1.20. The highest BCUT2D eigenvalue weighted by molar-refractivity contribution is 14.1. The molecule has 0 radical (unpaired) electrons. The van der Waals surface area contributed by atoms with Gasteiger partial charge in [0.15, 0.2) is 5.11 Å². The smallest absolute Gasteiger partial charge is 0.253 e. The van der Waals surface area contributed by atoms with Gasteiger partial charge in [0, 0.05) is 15.2 Å². The van der Waals surface area contributed by atoms with Crippen molar-refractivity contribution in [1.29, 1.82) is 0 Å². The summed E-state index contributed by atoms with van der Waals surface area (Å²) < 4.78 is 9.53. The van der Waals surface area contributed by atoms with E-state index in [2.05, 4.69) is 38.5 Å². The maximum atomic E-state index is 12.5. The van der Waals surface area contributed by atoms with Gasteiger partial charge in [-0.15, -0.1) is 0 Å². The number of hydrogen-bond donors (Lipinski definition) is 3. The number of benzene rings is 2. The summed E-state index contributed by atoms with van der Waals surface area (Å²) in [4.78, 5) is 12.5. The summed E-state index contributed by atoms with van der Waals surface area (Å²) in [6.07, 6.45) is -1.10. The molecular weight excluding hydrogens is 572 g/mol. The average molecular weight is 589 g/mol. The molecule has 0 bridgehead atoms. The summed E-state index contributed by atoms with van der Waals surface area (Å²) in [6, 6.07) is 12.1. The summed E-state index contributed by atoms with van der Waals surface area (Å²) in [6.45, 7) is 0. The third kappa shape index (κ3) is 7.21. The van der Waals surface area contributed by atoms with Gasteiger partial charge in [0.05, 0.1) is 19.9 Å². The van der Waals surface area contributed by atoms with Crippen LogP contribution in [0.4, 0.5) is 5.69 Å². The van der Waals surface area contributed by atoms with Crippen molar-refractivity contribution in [2.45, 2.75) is 9.96 Å². The van der Waals surface area contributed by atoms with Gasteiger partial charge in [-0.3, -0.25) is 4.79 Å². The number of anilines is 1. The number of carbonyl (C=O) groups excluding carboxylic acids is 1. The Balaban J connectivity index is 2.14. The minimum atomic E-state index is -1.87. The van der Waals surface area contributed by atoms with Crippen LogP contribution < -0.4 is 25.4 Å². The number of amides is 1. The van der Waals surface area contributed by atoms with E-state index in [1.54, 1.807) is 43.5 Å². The lowest BCUT2D eigenvalue weighted by atomic mass is 10.2. The molecule has 0 spiro atoms. The first kappa shape index (κ1) is 24.1. The third-order valence-electron chi connectivity index (χ3n) is 3.62. The minimum absolute atomic E-state index is 0.107. The third-order valence-corrected chi connectivity index (χ3v) is 5.17. The second-order valence-corrected chi connectivity index (χ2v) is 9.65. The first-order valence-electron chi connectivity index (χ1n) is 8.06. The second kappa shape index (κ2) is 10.7. The Morgan fingerprint density at radius 1 is 1.10 bits per heavy atom. The minimum Gasteiger partial charge on any atom is -0.497 e. The van der Waals surface area contributed by atoms with Crippen molar-refractivity contribution in [2.75, 3.05) is 19.5 Å². The van der Waals surface area contributed by atoms with E-state index in [1.165, 1.54) is 7.11 Å². The van der Waals surface area contributed by atoms with Crippen molar-refractivity contribution < 1.29 is 14.3 Å². The fourth-order valence-electron chi connectivity index (χ4n) is 2.25. The van der Waals surface area contributed by atoms with Crippen molar-refractivity contribution in [3.05, 3.63) is 51.6 Å². The van der Waals surface area contributed by atoms with Gasteiger partial charge in [0.25, 0.3) is 5.91 Å². The van der Waals surface area contributed by atoms with Crippen LogP contribution in [0.5, 0.6) is 11.5 Å². The van der Waals surface area contributed by atoms with Crippen LogP contribution in [0.2, 0.25) is 0 Å². The van der Waals surface area contributed by atoms with Crippen LogP contribution in [0.1, 0.15) is 10.4 Å². The molecule has 156 valence electrons. The van der Waals surface area contributed by atoms with E-state index in [-0.39, 0.29) is 5.11 Å². The first-order valence-corrected chi connectivity index (χ1v) is 10.7. The van der Waals surface area contributed by atoms with E-state index in [1.807, 2.05) is 6.07 Å². The van der Waals surface area contributed by atoms with Crippen LogP contribution in [0.15, 0.2) is 42.5 Å². The van der Waals surface area contributed by atoms with Gasteiger partial charge in [-0.2, -0.15) is 0 Å². The maximum absolute atomic E-state index is 12.5. The Morgan fingerprint density at radius 2 is 1.83 bits per heavy atom. The highest BCUT2D eigenvalue weighted by Crippen LogP contribution is 2.31. The Morgan fingerprint density at radius 3 is 2.41 bits per heavy atom. The molecule has 2 aromatic carbocycles. The molecule has 2 aromatic rings. The zero-order valence-electron chi connectivity index (χ0n) is 15.3. The quantitative estimate of drug-likeness (QED) is 0.196. The van der Waals surface area contributed by atoms with Gasteiger partial charge < -0.3 is 25.4 Å². The van der Waals surface area contributed by atoms with Crippen LogP contribution in [0.25, 0.3) is 0 Å². The molecule has 6 nitrogen and oxygen atoms in total. The normalized spacial score (nSPS) is 11.9. The predicted molar refractivity (Wildman–Crippen MR) is 130 cm³/mol. The van der Waals surface area contributed by atoms with E-state index in [4.69, 9.17) is 56.5 Å². The Kier molecular flexibility index (Phi) is 8.90. The molecule has 2 rings (SSSR count). The van der Waals surface area contributed by atoms with E-state index in [9.17, 15) is 4.79 Å². The molecular formula is C18H17Cl3IN3O3S. The molecule has 0 aliphatic rings. The van der Waals surface area contributed by atoms with Gasteiger partial charge >= 0.3 is 0 Å². The molecule has 0 fully saturated rings. The van der Waals surface area contributed by atoms with Crippen LogP contribution in [-0.2, 0) is 0 Å². The second-order valence-electron chi connectivity index (χ2n) is 5.62. The fourth-order valence-corrected chi connectivity index (χ4v) is 3.34. The molecule has 11 heteroatoms. The monoisotopic (exact) mass is 587 g/mol. The lowest BCUT2D eigenvalue weighted by molar-refractivity contribution is 0.0934. The van der Waals surface area contributed by atoms with E-state index >= 15 is 0 Å². The number of thiocarbonyl (C=S) groups is 1. The molecule has 3 N–H and O–H groups in total. The van der Waals surface area contributed by atoms with Crippen molar-refractivity contribution in [1.82, 2.24) is 10.6 Å². The molecule has 0 aliphatic heterocycles.